The Bertz CT molecular complexity index is 975. The molecule has 7 nitrogen and oxygen atoms in total. The van der Waals surface area contributed by atoms with E-state index < -0.39 is 0 Å². The van der Waals surface area contributed by atoms with Crippen molar-refractivity contribution in [1.29, 1.82) is 0 Å². The number of fused-ring (bicyclic) bond motifs is 1. The normalized spacial score (nSPS) is 12.0. The van der Waals surface area contributed by atoms with Crippen molar-refractivity contribution in [2.75, 3.05) is 12.5 Å². The largest absolute Gasteiger partial charge is 0.454 e. The van der Waals surface area contributed by atoms with Gasteiger partial charge in [-0.25, -0.2) is 4.98 Å². The van der Waals surface area contributed by atoms with Crippen LogP contribution in [-0.2, 0) is 6.54 Å². The number of amides is 1. The summed E-state index contributed by atoms with van der Waals surface area (Å²) in [5.41, 5.74) is 8.54. The van der Waals surface area contributed by atoms with Crippen molar-refractivity contribution < 1.29 is 14.3 Å². The van der Waals surface area contributed by atoms with Crippen LogP contribution < -0.4 is 20.5 Å². The maximum Gasteiger partial charge on any atom is 0.251 e. The number of anilines is 1. The Kier molecular flexibility index (Phi) is 4.10. The summed E-state index contributed by atoms with van der Waals surface area (Å²) in [4.78, 5) is 20.7. The van der Waals surface area contributed by atoms with Gasteiger partial charge in [0.25, 0.3) is 5.91 Å². The standard InChI is InChI=1S/C19H16N4O3/c20-18-10-21-9-15(23-18)13-2-1-3-14(7-13)19(24)22-8-12-4-5-16-17(6-12)26-11-25-16/h1-7,9-10H,8,11H2,(H2,20,23)(H,22,24). The van der Waals surface area contributed by atoms with Gasteiger partial charge in [-0.15, -0.1) is 0 Å². The second-order valence-corrected chi connectivity index (χ2v) is 5.78. The zero-order valence-corrected chi connectivity index (χ0v) is 13.8. The predicted octanol–water partition coefficient (Wildman–Crippen LogP) is 2.38. The van der Waals surface area contributed by atoms with Gasteiger partial charge >= 0.3 is 0 Å². The van der Waals surface area contributed by atoms with Gasteiger partial charge in [0.2, 0.25) is 6.79 Å². The molecule has 0 atom stereocenters. The van der Waals surface area contributed by atoms with Crippen LogP contribution in [0.15, 0.2) is 54.9 Å². The smallest absolute Gasteiger partial charge is 0.251 e. The number of aromatic nitrogens is 2. The molecule has 130 valence electrons. The highest BCUT2D eigenvalue weighted by Crippen LogP contribution is 2.32. The topological polar surface area (TPSA) is 99.4 Å². The molecular formula is C19H16N4O3. The molecule has 0 unspecified atom stereocenters. The summed E-state index contributed by atoms with van der Waals surface area (Å²) in [6.45, 7) is 0.614. The van der Waals surface area contributed by atoms with E-state index in [2.05, 4.69) is 15.3 Å². The molecule has 0 fully saturated rings. The van der Waals surface area contributed by atoms with Gasteiger partial charge < -0.3 is 20.5 Å². The molecule has 0 saturated carbocycles. The van der Waals surface area contributed by atoms with Crippen LogP contribution in [0.5, 0.6) is 11.5 Å². The molecule has 0 saturated heterocycles. The molecule has 3 aromatic rings. The fourth-order valence-corrected chi connectivity index (χ4v) is 2.68. The molecule has 26 heavy (non-hydrogen) atoms. The molecule has 1 aliphatic rings. The van der Waals surface area contributed by atoms with Gasteiger partial charge in [0.15, 0.2) is 11.5 Å². The van der Waals surface area contributed by atoms with Crippen molar-refractivity contribution in [2.24, 2.45) is 0 Å². The lowest BCUT2D eigenvalue weighted by molar-refractivity contribution is 0.0951. The van der Waals surface area contributed by atoms with E-state index in [1.807, 2.05) is 24.3 Å². The summed E-state index contributed by atoms with van der Waals surface area (Å²) in [5, 5.41) is 2.90. The van der Waals surface area contributed by atoms with Gasteiger partial charge in [0.05, 0.1) is 18.1 Å². The van der Waals surface area contributed by atoms with Crippen molar-refractivity contribution in [3.8, 4) is 22.8 Å². The minimum absolute atomic E-state index is 0.179. The number of carbonyl (C=O) groups is 1. The number of nitrogens with zero attached hydrogens (tertiary/aromatic N) is 2. The minimum Gasteiger partial charge on any atom is -0.454 e. The van der Waals surface area contributed by atoms with E-state index in [0.29, 0.717) is 29.4 Å². The highest BCUT2D eigenvalue weighted by Gasteiger charge is 2.14. The third-order valence-electron chi connectivity index (χ3n) is 3.96. The molecule has 7 heteroatoms. The summed E-state index contributed by atoms with van der Waals surface area (Å²) in [5.74, 6) is 1.57. The van der Waals surface area contributed by atoms with Gasteiger partial charge in [-0.2, -0.15) is 0 Å². The first-order valence-electron chi connectivity index (χ1n) is 8.04. The first-order chi connectivity index (χ1) is 12.7. The fraction of sp³-hybridized carbons (Fsp3) is 0.105. The Labute approximate surface area is 149 Å². The zero-order chi connectivity index (χ0) is 17.9. The molecule has 0 spiro atoms. The van der Waals surface area contributed by atoms with E-state index >= 15 is 0 Å². The number of nitrogen functional groups attached to an aromatic ring is 1. The second-order valence-electron chi connectivity index (χ2n) is 5.78. The number of nitrogens with two attached hydrogens (primary N) is 1. The Morgan fingerprint density at radius 2 is 2.00 bits per heavy atom. The Morgan fingerprint density at radius 3 is 2.88 bits per heavy atom. The summed E-state index contributed by atoms with van der Waals surface area (Å²) in [6.07, 6.45) is 3.09. The lowest BCUT2D eigenvalue weighted by Gasteiger charge is -2.08. The summed E-state index contributed by atoms with van der Waals surface area (Å²) in [7, 11) is 0. The molecule has 4 rings (SSSR count). The van der Waals surface area contributed by atoms with Crippen LogP contribution in [0.3, 0.4) is 0 Å². The van der Waals surface area contributed by atoms with Gasteiger partial charge in [0.1, 0.15) is 5.82 Å². The van der Waals surface area contributed by atoms with Gasteiger partial charge in [-0.3, -0.25) is 9.78 Å². The van der Waals surface area contributed by atoms with E-state index in [0.717, 1.165) is 16.9 Å². The number of nitrogens with one attached hydrogen (secondary N) is 1. The van der Waals surface area contributed by atoms with Crippen LogP contribution in [0.2, 0.25) is 0 Å². The van der Waals surface area contributed by atoms with Gasteiger partial charge in [-0.05, 0) is 29.8 Å². The Hall–Kier alpha value is -3.61. The lowest BCUT2D eigenvalue weighted by atomic mass is 10.1. The summed E-state index contributed by atoms with van der Waals surface area (Å²) >= 11 is 0. The van der Waals surface area contributed by atoms with Crippen molar-refractivity contribution in [1.82, 2.24) is 15.3 Å². The molecule has 0 radical (unpaired) electrons. The number of carbonyl (C=O) groups excluding carboxylic acids is 1. The van der Waals surface area contributed by atoms with Crippen LogP contribution in [-0.4, -0.2) is 22.7 Å². The molecule has 0 aliphatic carbocycles. The van der Waals surface area contributed by atoms with E-state index in [1.54, 1.807) is 24.4 Å². The van der Waals surface area contributed by atoms with E-state index in [1.165, 1.54) is 6.20 Å². The predicted molar refractivity (Wildman–Crippen MR) is 95.6 cm³/mol. The Morgan fingerprint density at radius 1 is 1.12 bits per heavy atom. The van der Waals surface area contributed by atoms with Crippen LogP contribution in [0.25, 0.3) is 11.3 Å². The Balaban J connectivity index is 1.47. The van der Waals surface area contributed by atoms with Crippen LogP contribution in [0.4, 0.5) is 5.82 Å². The average Bonchev–Trinajstić information content (AvgIpc) is 3.14. The lowest BCUT2D eigenvalue weighted by Crippen LogP contribution is -2.22. The van der Waals surface area contributed by atoms with Crippen molar-refractivity contribution in [3.63, 3.8) is 0 Å². The van der Waals surface area contributed by atoms with Crippen LogP contribution in [0.1, 0.15) is 15.9 Å². The SMILES string of the molecule is Nc1cncc(-c2cccc(C(=O)NCc3ccc4c(c3)OCO4)c2)n1. The molecule has 1 aliphatic heterocycles. The highest BCUT2D eigenvalue weighted by molar-refractivity contribution is 5.95. The monoisotopic (exact) mass is 348 g/mol. The molecule has 1 aromatic heterocycles. The summed E-state index contributed by atoms with van der Waals surface area (Å²) in [6, 6.07) is 12.8. The van der Waals surface area contributed by atoms with Crippen LogP contribution in [0, 0.1) is 0 Å². The number of rotatable bonds is 4. The van der Waals surface area contributed by atoms with Crippen LogP contribution >= 0.6 is 0 Å². The number of ether oxygens (including phenoxy) is 2. The average molecular weight is 348 g/mol. The van der Waals surface area contributed by atoms with Gasteiger partial charge in [0, 0.05) is 17.7 Å². The summed E-state index contributed by atoms with van der Waals surface area (Å²) < 4.78 is 10.6. The first-order valence-corrected chi connectivity index (χ1v) is 8.04. The van der Waals surface area contributed by atoms with Gasteiger partial charge in [-0.1, -0.05) is 18.2 Å². The number of hydrogen-bond acceptors (Lipinski definition) is 6. The third-order valence-corrected chi connectivity index (χ3v) is 3.96. The first kappa shape index (κ1) is 15.9. The highest BCUT2D eigenvalue weighted by atomic mass is 16.7. The maximum atomic E-state index is 12.5. The molecule has 0 bridgehead atoms. The van der Waals surface area contributed by atoms with E-state index in [9.17, 15) is 4.79 Å². The van der Waals surface area contributed by atoms with Crippen molar-refractivity contribution >= 4 is 11.7 Å². The molecule has 3 N–H and O–H groups in total. The van der Waals surface area contributed by atoms with E-state index in [-0.39, 0.29) is 12.7 Å². The zero-order valence-electron chi connectivity index (χ0n) is 13.8. The number of hydrogen-bond donors (Lipinski definition) is 2. The molecule has 2 heterocycles. The molecular weight excluding hydrogens is 332 g/mol. The van der Waals surface area contributed by atoms with E-state index in [4.69, 9.17) is 15.2 Å². The molecule has 2 aromatic carbocycles. The second kappa shape index (κ2) is 6.72. The number of benzene rings is 2. The maximum absolute atomic E-state index is 12.5. The third kappa shape index (κ3) is 3.27. The fourth-order valence-electron chi connectivity index (χ4n) is 2.68. The minimum atomic E-state index is -0.179. The quantitative estimate of drug-likeness (QED) is 0.751. The van der Waals surface area contributed by atoms with Crippen molar-refractivity contribution in [3.05, 3.63) is 66.0 Å². The van der Waals surface area contributed by atoms with Crippen molar-refractivity contribution in [2.45, 2.75) is 6.54 Å². The molecule has 1 amide bonds.